The van der Waals surface area contributed by atoms with E-state index in [0.717, 1.165) is 28.0 Å². The van der Waals surface area contributed by atoms with Gasteiger partial charge in [-0.1, -0.05) is 0 Å². The van der Waals surface area contributed by atoms with Crippen molar-refractivity contribution < 1.29 is 4.42 Å². The fraction of sp³-hybridized carbons (Fsp3) is 0.176. The summed E-state index contributed by atoms with van der Waals surface area (Å²) in [7, 11) is 3.87. The van der Waals surface area contributed by atoms with Gasteiger partial charge in [-0.15, -0.1) is 0 Å². The molecule has 0 amide bonds. The minimum atomic E-state index is 0.633. The Hall–Kier alpha value is -3.22. The molecule has 0 fully saturated rings. The van der Waals surface area contributed by atoms with Crippen LogP contribution in [0.25, 0.3) is 22.4 Å². The van der Waals surface area contributed by atoms with E-state index in [-0.39, 0.29) is 0 Å². The molecule has 0 unspecified atom stereocenters. The number of aryl methyl sites for hydroxylation is 1. The van der Waals surface area contributed by atoms with E-state index in [1.165, 1.54) is 0 Å². The topological polar surface area (TPSA) is 72.9 Å². The molecule has 4 aromatic heterocycles. The molecule has 0 bridgehead atoms. The van der Waals surface area contributed by atoms with Crippen LogP contribution in [0, 0.1) is 0 Å². The Labute approximate surface area is 138 Å². The molecule has 0 N–H and O–H groups in total. The summed E-state index contributed by atoms with van der Waals surface area (Å²) < 4.78 is 6.91. The average molecular weight is 320 g/mol. The van der Waals surface area contributed by atoms with Crippen LogP contribution in [-0.4, -0.2) is 31.8 Å². The normalized spacial score (nSPS) is 11.1. The first-order chi connectivity index (χ1) is 11.7. The molecule has 7 nitrogen and oxygen atoms in total. The number of furan rings is 1. The van der Waals surface area contributed by atoms with E-state index >= 15 is 0 Å². The number of nitrogens with zero attached hydrogens (tertiary/aromatic N) is 6. The second-order valence-corrected chi connectivity index (χ2v) is 5.61. The number of fused-ring (bicyclic) bond motifs is 1. The highest BCUT2D eigenvalue weighted by molar-refractivity contribution is 5.88. The maximum Gasteiger partial charge on any atom is 0.165 e. The van der Waals surface area contributed by atoms with Gasteiger partial charge in [0.25, 0.3) is 0 Å². The van der Waals surface area contributed by atoms with E-state index in [4.69, 9.17) is 9.40 Å². The Morgan fingerprint density at radius 3 is 2.88 bits per heavy atom. The molecule has 120 valence electrons. The third-order valence-corrected chi connectivity index (χ3v) is 3.85. The van der Waals surface area contributed by atoms with Crippen molar-refractivity contribution in [3.8, 4) is 11.4 Å². The molecule has 7 heteroatoms. The molecule has 4 heterocycles. The molecule has 0 atom stereocenters. The van der Waals surface area contributed by atoms with Crippen LogP contribution in [0.5, 0.6) is 0 Å². The van der Waals surface area contributed by atoms with E-state index in [2.05, 4.69) is 20.0 Å². The minimum absolute atomic E-state index is 0.633. The first-order valence-corrected chi connectivity index (χ1v) is 7.55. The van der Waals surface area contributed by atoms with Crippen molar-refractivity contribution in [1.29, 1.82) is 0 Å². The van der Waals surface area contributed by atoms with Gasteiger partial charge in [0.15, 0.2) is 11.5 Å². The smallest absolute Gasteiger partial charge is 0.165 e. The van der Waals surface area contributed by atoms with Crippen LogP contribution in [0.1, 0.15) is 5.56 Å². The predicted octanol–water partition coefficient (Wildman–Crippen LogP) is 2.65. The molecule has 0 radical (unpaired) electrons. The Balaban J connectivity index is 1.84. The molecule has 0 aliphatic heterocycles. The van der Waals surface area contributed by atoms with Crippen LogP contribution < -0.4 is 4.90 Å². The van der Waals surface area contributed by atoms with Crippen molar-refractivity contribution >= 4 is 16.9 Å². The zero-order valence-corrected chi connectivity index (χ0v) is 13.4. The maximum absolute atomic E-state index is 5.15. The van der Waals surface area contributed by atoms with Gasteiger partial charge in [0.1, 0.15) is 5.82 Å². The highest BCUT2D eigenvalue weighted by Gasteiger charge is 2.16. The molecule has 4 rings (SSSR count). The number of hydrogen-bond donors (Lipinski definition) is 0. The highest BCUT2D eigenvalue weighted by Crippen LogP contribution is 2.27. The molecule has 0 aliphatic rings. The van der Waals surface area contributed by atoms with Gasteiger partial charge in [-0.2, -0.15) is 5.10 Å². The first kappa shape index (κ1) is 14.4. The van der Waals surface area contributed by atoms with Gasteiger partial charge >= 0.3 is 0 Å². The zero-order valence-electron chi connectivity index (χ0n) is 13.4. The predicted molar refractivity (Wildman–Crippen MR) is 90.4 cm³/mol. The average Bonchev–Trinajstić information content (AvgIpc) is 3.25. The number of pyridine rings is 1. The molecule has 0 aromatic carbocycles. The molecule has 0 saturated carbocycles. The highest BCUT2D eigenvalue weighted by atomic mass is 16.3. The Bertz CT molecular complexity index is 962. The maximum atomic E-state index is 5.15. The van der Waals surface area contributed by atoms with Crippen LogP contribution in [0.2, 0.25) is 0 Å². The number of rotatable bonds is 4. The van der Waals surface area contributed by atoms with E-state index < -0.39 is 0 Å². The molecular formula is C17H16N6O. The molecule has 0 saturated heterocycles. The molecule has 4 aromatic rings. The fourth-order valence-corrected chi connectivity index (χ4v) is 2.65. The standard InChI is InChI=1S/C17H16N6O/c1-22(10-12-5-7-24-11-12)16-14-9-19-23(2)17(14)21-15(20-16)13-4-3-6-18-8-13/h3-9,11H,10H2,1-2H3. The first-order valence-electron chi connectivity index (χ1n) is 7.55. The lowest BCUT2D eigenvalue weighted by molar-refractivity contribution is 0.563. The molecular weight excluding hydrogens is 304 g/mol. The SMILES string of the molecule is CN(Cc1ccoc1)c1nc(-c2cccnc2)nc2c1cnn2C. The molecule has 24 heavy (non-hydrogen) atoms. The van der Waals surface area contributed by atoms with Gasteiger partial charge < -0.3 is 9.32 Å². The summed E-state index contributed by atoms with van der Waals surface area (Å²) in [4.78, 5) is 15.6. The Morgan fingerprint density at radius 1 is 1.21 bits per heavy atom. The number of anilines is 1. The quantitative estimate of drug-likeness (QED) is 0.575. The van der Waals surface area contributed by atoms with Crippen LogP contribution in [-0.2, 0) is 13.6 Å². The van der Waals surface area contributed by atoms with Crippen molar-refractivity contribution in [3.63, 3.8) is 0 Å². The van der Waals surface area contributed by atoms with Crippen LogP contribution >= 0.6 is 0 Å². The second kappa shape index (κ2) is 5.77. The summed E-state index contributed by atoms with van der Waals surface area (Å²) in [6.07, 6.45) is 8.70. The zero-order chi connectivity index (χ0) is 16.5. The monoisotopic (exact) mass is 320 g/mol. The van der Waals surface area contributed by atoms with Gasteiger partial charge in [0, 0.05) is 44.2 Å². The van der Waals surface area contributed by atoms with Gasteiger partial charge in [0.05, 0.1) is 24.1 Å². The van der Waals surface area contributed by atoms with Gasteiger partial charge in [-0.05, 0) is 18.2 Å². The van der Waals surface area contributed by atoms with E-state index in [1.54, 1.807) is 35.8 Å². The second-order valence-electron chi connectivity index (χ2n) is 5.61. The van der Waals surface area contributed by atoms with E-state index in [1.807, 2.05) is 32.3 Å². The van der Waals surface area contributed by atoms with E-state index in [9.17, 15) is 0 Å². The summed E-state index contributed by atoms with van der Waals surface area (Å²) >= 11 is 0. The van der Waals surface area contributed by atoms with Crippen molar-refractivity contribution in [1.82, 2.24) is 24.7 Å². The fourth-order valence-electron chi connectivity index (χ4n) is 2.65. The summed E-state index contributed by atoms with van der Waals surface area (Å²) in [6, 6.07) is 5.77. The van der Waals surface area contributed by atoms with Gasteiger partial charge in [-0.25, -0.2) is 9.97 Å². The summed E-state index contributed by atoms with van der Waals surface area (Å²) in [5, 5.41) is 5.24. The summed E-state index contributed by atoms with van der Waals surface area (Å²) in [6.45, 7) is 0.685. The number of aromatic nitrogens is 5. The van der Waals surface area contributed by atoms with Crippen molar-refractivity contribution in [2.24, 2.45) is 7.05 Å². The molecule has 0 aliphatic carbocycles. The Morgan fingerprint density at radius 2 is 2.12 bits per heavy atom. The lowest BCUT2D eigenvalue weighted by Crippen LogP contribution is -2.18. The van der Waals surface area contributed by atoms with Crippen molar-refractivity contribution in [2.75, 3.05) is 11.9 Å². The number of hydrogen-bond acceptors (Lipinski definition) is 6. The van der Waals surface area contributed by atoms with Crippen LogP contribution in [0.15, 0.2) is 53.7 Å². The lowest BCUT2D eigenvalue weighted by atomic mass is 10.2. The van der Waals surface area contributed by atoms with Crippen LogP contribution in [0.3, 0.4) is 0 Å². The third kappa shape index (κ3) is 2.50. The van der Waals surface area contributed by atoms with Gasteiger partial charge in [-0.3, -0.25) is 9.67 Å². The Kier molecular flexibility index (Phi) is 3.45. The minimum Gasteiger partial charge on any atom is -0.472 e. The van der Waals surface area contributed by atoms with E-state index in [0.29, 0.717) is 12.4 Å². The summed E-state index contributed by atoms with van der Waals surface area (Å²) in [5.74, 6) is 1.46. The van der Waals surface area contributed by atoms with Gasteiger partial charge in [0.2, 0.25) is 0 Å². The molecule has 0 spiro atoms. The van der Waals surface area contributed by atoms with Crippen molar-refractivity contribution in [3.05, 3.63) is 54.9 Å². The van der Waals surface area contributed by atoms with Crippen LogP contribution in [0.4, 0.5) is 5.82 Å². The summed E-state index contributed by atoms with van der Waals surface area (Å²) in [5.41, 5.74) is 2.74. The largest absolute Gasteiger partial charge is 0.472 e. The lowest BCUT2D eigenvalue weighted by Gasteiger charge is -2.18. The van der Waals surface area contributed by atoms with Crippen molar-refractivity contribution in [2.45, 2.75) is 6.54 Å². The third-order valence-electron chi connectivity index (χ3n) is 3.85.